The lowest BCUT2D eigenvalue weighted by molar-refractivity contribution is -0.121. The number of carboxylic acid groups (broad SMARTS) is 2. The van der Waals surface area contributed by atoms with Gasteiger partial charge in [-0.25, -0.2) is 24.2 Å². The minimum atomic E-state index is -1.32. The van der Waals surface area contributed by atoms with Crippen molar-refractivity contribution in [1.29, 1.82) is 0 Å². The number of rotatable bonds is 6. The number of nitrogens with zero attached hydrogens (tertiary/aromatic N) is 2. The molecule has 1 aliphatic rings. The van der Waals surface area contributed by atoms with E-state index in [1.165, 1.54) is 30.3 Å². The van der Waals surface area contributed by atoms with Gasteiger partial charge in [0.2, 0.25) is 0 Å². The highest BCUT2D eigenvalue weighted by atomic mass is 16.4. The molecule has 2 N–H and O–H groups in total. The number of carbonyl (C=O) groups excluding carboxylic acids is 3. The van der Waals surface area contributed by atoms with Gasteiger partial charge in [0.15, 0.2) is 0 Å². The molecule has 1 aliphatic heterocycles. The monoisotopic (exact) mass is 522 g/mol. The van der Waals surface area contributed by atoms with E-state index in [4.69, 9.17) is 4.42 Å². The molecule has 39 heavy (non-hydrogen) atoms. The van der Waals surface area contributed by atoms with Crippen molar-refractivity contribution in [3.05, 3.63) is 113 Å². The molecule has 10 heteroatoms. The molecule has 0 spiro atoms. The molecule has 192 valence electrons. The highest BCUT2D eigenvalue weighted by Gasteiger charge is 2.43. The van der Waals surface area contributed by atoms with Crippen LogP contribution in [-0.2, 0) is 9.59 Å². The van der Waals surface area contributed by atoms with Gasteiger partial charge < -0.3 is 14.6 Å². The average Bonchev–Trinajstić information content (AvgIpc) is 3.41. The minimum absolute atomic E-state index is 0.0506. The van der Waals surface area contributed by atoms with Crippen molar-refractivity contribution in [2.75, 3.05) is 9.80 Å². The molecule has 5 rings (SSSR count). The van der Waals surface area contributed by atoms with Crippen LogP contribution in [0.15, 0.2) is 101 Å². The van der Waals surface area contributed by atoms with Gasteiger partial charge in [-0.2, -0.15) is 0 Å². The third-order valence-electron chi connectivity index (χ3n) is 5.90. The molecule has 10 nitrogen and oxygen atoms in total. The number of barbiturate groups is 1. The zero-order valence-corrected chi connectivity index (χ0v) is 20.0. The van der Waals surface area contributed by atoms with Crippen LogP contribution in [0.2, 0.25) is 0 Å². The highest BCUT2D eigenvalue weighted by molar-refractivity contribution is 6.46. The topological polar surface area (TPSA) is 145 Å². The normalized spacial score (nSPS) is 13.5. The highest BCUT2D eigenvalue weighted by Crippen LogP contribution is 2.31. The number of benzene rings is 3. The van der Waals surface area contributed by atoms with E-state index in [2.05, 4.69) is 0 Å². The van der Waals surface area contributed by atoms with E-state index in [1.807, 2.05) is 0 Å². The Morgan fingerprint density at radius 3 is 1.62 bits per heavy atom. The average molecular weight is 522 g/mol. The number of hydrogen-bond acceptors (Lipinski definition) is 6. The van der Waals surface area contributed by atoms with Crippen LogP contribution in [0.4, 0.5) is 16.2 Å². The fourth-order valence-electron chi connectivity index (χ4n) is 4.08. The summed E-state index contributed by atoms with van der Waals surface area (Å²) in [5.41, 5.74) is -0.167. The summed E-state index contributed by atoms with van der Waals surface area (Å²) in [6.07, 6.45) is 1.19. The number of furan rings is 1. The lowest BCUT2D eigenvalue weighted by atomic mass is 10.0. The number of amides is 4. The molecular weight excluding hydrogens is 504 g/mol. The van der Waals surface area contributed by atoms with Crippen LogP contribution in [0.1, 0.15) is 26.5 Å². The Balaban J connectivity index is 1.59. The zero-order chi connectivity index (χ0) is 27.7. The summed E-state index contributed by atoms with van der Waals surface area (Å²) in [6.45, 7) is 0. The third kappa shape index (κ3) is 4.69. The van der Waals surface area contributed by atoms with Gasteiger partial charge in [0.25, 0.3) is 11.8 Å². The number of carbonyl (C=O) groups is 5. The molecular formula is C29H18N2O8. The van der Waals surface area contributed by atoms with Crippen LogP contribution in [0.25, 0.3) is 17.4 Å². The second-order valence-corrected chi connectivity index (χ2v) is 8.40. The Hall–Kier alpha value is -5.77. The van der Waals surface area contributed by atoms with E-state index in [-0.39, 0.29) is 45.2 Å². The maximum Gasteiger partial charge on any atom is 0.343 e. The Bertz CT molecular complexity index is 1580. The van der Waals surface area contributed by atoms with E-state index in [9.17, 15) is 34.2 Å². The molecule has 1 saturated heterocycles. The summed E-state index contributed by atoms with van der Waals surface area (Å²) in [7, 11) is 0. The van der Waals surface area contributed by atoms with Gasteiger partial charge in [-0.05, 0) is 60.7 Å². The summed E-state index contributed by atoms with van der Waals surface area (Å²) in [4.78, 5) is 65.0. The molecule has 0 aliphatic carbocycles. The van der Waals surface area contributed by atoms with Crippen LogP contribution in [-0.4, -0.2) is 40.0 Å². The summed E-state index contributed by atoms with van der Waals surface area (Å²) >= 11 is 0. The zero-order valence-electron chi connectivity index (χ0n) is 20.0. The smallest absolute Gasteiger partial charge is 0.343 e. The second kappa shape index (κ2) is 9.94. The largest absolute Gasteiger partial charge is 0.478 e. The molecule has 0 bridgehead atoms. The first-order chi connectivity index (χ1) is 18.7. The number of urea groups is 1. The summed E-state index contributed by atoms with van der Waals surface area (Å²) in [5, 5.41) is 18.7. The molecule has 4 amide bonds. The number of aromatic carboxylic acids is 2. The van der Waals surface area contributed by atoms with E-state index in [0.717, 1.165) is 15.9 Å². The third-order valence-corrected chi connectivity index (χ3v) is 5.90. The van der Waals surface area contributed by atoms with Crippen molar-refractivity contribution in [2.45, 2.75) is 0 Å². The Kier molecular flexibility index (Phi) is 6.35. The first-order valence-electron chi connectivity index (χ1n) is 11.5. The summed E-state index contributed by atoms with van der Waals surface area (Å²) in [6, 6.07) is 21.9. The van der Waals surface area contributed by atoms with Crippen LogP contribution in [0, 0.1) is 0 Å². The van der Waals surface area contributed by atoms with Crippen molar-refractivity contribution in [2.24, 2.45) is 0 Å². The van der Waals surface area contributed by atoms with Crippen LogP contribution < -0.4 is 9.80 Å². The Morgan fingerprint density at radius 2 is 1.15 bits per heavy atom. The molecule has 0 unspecified atom stereocenters. The number of anilines is 2. The van der Waals surface area contributed by atoms with Gasteiger partial charge in [0.1, 0.15) is 17.1 Å². The van der Waals surface area contributed by atoms with Gasteiger partial charge in [0, 0.05) is 5.56 Å². The van der Waals surface area contributed by atoms with Crippen molar-refractivity contribution in [1.82, 2.24) is 0 Å². The maximum atomic E-state index is 13.5. The minimum Gasteiger partial charge on any atom is -0.478 e. The lowest BCUT2D eigenvalue weighted by Crippen LogP contribution is -2.57. The summed E-state index contributed by atoms with van der Waals surface area (Å²) in [5.74, 6) is -4.20. The van der Waals surface area contributed by atoms with Crippen molar-refractivity contribution < 1.29 is 38.6 Å². The van der Waals surface area contributed by atoms with Crippen LogP contribution >= 0.6 is 0 Å². The standard InChI is InChI=1S/C29H18N2O8/c32-25-23(16-22-11-12-24(39-22)17-13-18(27(34)35)15-19(14-17)28(36)37)26(33)31(21-9-5-2-6-10-21)29(38)30(25)20-7-3-1-4-8-20/h1-16H,(H,34,35)(H,36,37). The SMILES string of the molecule is O=C(O)c1cc(C(=O)O)cc(-c2ccc(C=C3C(=O)N(c4ccccc4)C(=O)N(c4ccccc4)C3=O)o2)c1. The molecule has 0 radical (unpaired) electrons. The molecule has 2 heterocycles. The van der Waals surface area contributed by atoms with Gasteiger partial charge in [0.05, 0.1) is 22.5 Å². The molecule has 0 saturated carbocycles. The van der Waals surface area contributed by atoms with Crippen LogP contribution in [0.3, 0.4) is 0 Å². The molecule has 3 aromatic carbocycles. The fourth-order valence-corrected chi connectivity index (χ4v) is 4.08. The van der Waals surface area contributed by atoms with Gasteiger partial charge in [-0.15, -0.1) is 0 Å². The van der Waals surface area contributed by atoms with Gasteiger partial charge >= 0.3 is 18.0 Å². The van der Waals surface area contributed by atoms with Crippen LogP contribution in [0.5, 0.6) is 0 Å². The first kappa shape index (κ1) is 24.9. The van der Waals surface area contributed by atoms with E-state index in [1.54, 1.807) is 60.7 Å². The number of hydrogen-bond donors (Lipinski definition) is 2. The number of imide groups is 2. The quantitative estimate of drug-likeness (QED) is 0.268. The van der Waals surface area contributed by atoms with E-state index >= 15 is 0 Å². The van der Waals surface area contributed by atoms with Crippen molar-refractivity contribution in [3.63, 3.8) is 0 Å². The van der Waals surface area contributed by atoms with E-state index in [0.29, 0.717) is 0 Å². The molecule has 1 fully saturated rings. The maximum absolute atomic E-state index is 13.5. The van der Waals surface area contributed by atoms with Crippen molar-refractivity contribution >= 4 is 47.2 Å². The second-order valence-electron chi connectivity index (χ2n) is 8.40. The molecule has 1 aromatic heterocycles. The Labute approximate surface area is 220 Å². The Morgan fingerprint density at radius 1 is 0.667 bits per heavy atom. The predicted octanol–water partition coefficient (Wildman–Crippen LogP) is 4.93. The number of para-hydroxylation sites is 2. The summed E-state index contributed by atoms with van der Waals surface area (Å²) < 4.78 is 5.76. The lowest BCUT2D eigenvalue weighted by Gasteiger charge is -2.33. The van der Waals surface area contributed by atoms with Crippen molar-refractivity contribution in [3.8, 4) is 11.3 Å². The van der Waals surface area contributed by atoms with Gasteiger partial charge in [-0.1, -0.05) is 36.4 Å². The van der Waals surface area contributed by atoms with E-state index < -0.39 is 29.8 Å². The fraction of sp³-hybridized carbons (Fsp3) is 0. The molecule has 0 atom stereocenters. The predicted molar refractivity (Wildman–Crippen MR) is 139 cm³/mol. The number of carboxylic acids is 2. The molecule has 4 aromatic rings. The first-order valence-corrected chi connectivity index (χ1v) is 11.5. The van der Waals surface area contributed by atoms with Gasteiger partial charge in [-0.3, -0.25) is 9.59 Å².